The molecule has 5 heteroatoms. The third-order valence-electron chi connectivity index (χ3n) is 2.74. The van der Waals surface area contributed by atoms with Crippen LogP contribution in [0.3, 0.4) is 0 Å². The Morgan fingerprint density at radius 2 is 2.53 bits per heavy atom. The fourth-order valence-corrected chi connectivity index (χ4v) is 1.77. The molecule has 0 saturated carbocycles. The van der Waals surface area contributed by atoms with Crippen molar-refractivity contribution in [2.24, 2.45) is 0 Å². The molecule has 1 amide bonds. The Labute approximate surface area is 88.2 Å². The summed E-state index contributed by atoms with van der Waals surface area (Å²) >= 11 is 0. The van der Waals surface area contributed by atoms with Crippen LogP contribution < -0.4 is 10.6 Å². The minimum Gasteiger partial charge on any atom is -0.360 e. The summed E-state index contributed by atoms with van der Waals surface area (Å²) in [7, 11) is 0. The average molecular weight is 209 g/mol. The lowest BCUT2D eigenvalue weighted by atomic mass is 9.99. The van der Waals surface area contributed by atoms with E-state index >= 15 is 0 Å². The second kappa shape index (κ2) is 3.66. The molecule has 0 aromatic carbocycles. The number of aryl methyl sites for hydroxylation is 1. The van der Waals surface area contributed by atoms with Crippen molar-refractivity contribution in [3.63, 3.8) is 0 Å². The number of hydrogen-bond donors (Lipinski definition) is 2. The first-order valence-electron chi connectivity index (χ1n) is 5.10. The maximum atomic E-state index is 11.9. The van der Waals surface area contributed by atoms with Crippen molar-refractivity contribution in [3.05, 3.63) is 11.8 Å². The highest BCUT2D eigenvalue weighted by atomic mass is 16.5. The summed E-state index contributed by atoms with van der Waals surface area (Å²) in [4.78, 5) is 11.9. The molecule has 0 bridgehead atoms. The molecular formula is C10H15N3O2. The molecule has 0 aliphatic carbocycles. The zero-order valence-corrected chi connectivity index (χ0v) is 8.96. The number of nitrogens with zero attached hydrogens (tertiary/aromatic N) is 1. The van der Waals surface area contributed by atoms with Gasteiger partial charge in [-0.1, -0.05) is 5.16 Å². The molecule has 1 aliphatic heterocycles. The second-order valence-electron chi connectivity index (χ2n) is 4.14. The molecule has 1 aromatic heterocycles. The summed E-state index contributed by atoms with van der Waals surface area (Å²) in [6, 6.07) is 1.70. The van der Waals surface area contributed by atoms with Crippen molar-refractivity contribution in [2.45, 2.75) is 32.2 Å². The lowest BCUT2D eigenvalue weighted by molar-refractivity contribution is -0.121. The lowest BCUT2D eigenvalue weighted by Gasteiger charge is -2.21. The van der Waals surface area contributed by atoms with Crippen LogP contribution in [-0.2, 0) is 4.79 Å². The Morgan fingerprint density at radius 1 is 1.73 bits per heavy atom. The van der Waals surface area contributed by atoms with Crippen LogP contribution in [0.2, 0.25) is 0 Å². The monoisotopic (exact) mass is 209 g/mol. The standard InChI is InChI=1S/C10H15N3O2/c1-7-6-8(13-15-7)12-9(14)10(2)4-3-5-11-10/h6,11H,3-5H2,1-2H3,(H,12,13,14). The van der Waals surface area contributed by atoms with E-state index in [0.717, 1.165) is 19.4 Å². The van der Waals surface area contributed by atoms with E-state index in [2.05, 4.69) is 15.8 Å². The van der Waals surface area contributed by atoms with Gasteiger partial charge in [0.1, 0.15) is 5.76 Å². The van der Waals surface area contributed by atoms with Gasteiger partial charge in [-0.15, -0.1) is 0 Å². The number of carbonyl (C=O) groups is 1. The highest BCUT2D eigenvalue weighted by molar-refractivity contribution is 5.97. The molecule has 2 rings (SSSR count). The van der Waals surface area contributed by atoms with E-state index < -0.39 is 5.54 Å². The molecule has 1 aliphatic rings. The van der Waals surface area contributed by atoms with Gasteiger partial charge in [-0.3, -0.25) is 4.79 Å². The largest absolute Gasteiger partial charge is 0.360 e. The number of amides is 1. The molecule has 15 heavy (non-hydrogen) atoms. The Balaban J connectivity index is 2.03. The van der Waals surface area contributed by atoms with Crippen molar-refractivity contribution in [1.82, 2.24) is 10.5 Å². The smallest absolute Gasteiger partial charge is 0.245 e. The van der Waals surface area contributed by atoms with Gasteiger partial charge in [0.05, 0.1) is 5.54 Å². The van der Waals surface area contributed by atoms with Crippen LogP contribution in [0, 0.1) is 6.92 Å². The van der Waals surface area contributed by atoms with Gasteiger partial charge in [-0.05, 0) is 33.2 Å². The summed E-state index contributed by atoms with van der Waals surface area (Å²) < 4.78 is 4.88. The molecule has 1 atom stereocenters. The predicted octanol–water partition coefficient (Wildman–Crippen LogP) is 1.06. The molecule has 2 heterocycles. The van der Waals surface area contributed by atoms with Crippen LogP contribution in [0.15, 0.2) is 10.6 Å². The third kappa shape index (κ3) is 2.02. The predicted molar refractivity (Wildman–Crippen MR) is 55.5 cm³/mol. The maximum Gasteiger partial charge on any atom is 0.245 e. The van der Waals surface area contributed by atoms with Crippen LogP contribution in [0.4, 0.5) is 5.82 Å². The van der Waals surface area contributed by atoms with Gasteiger partial charge in [0.2, 0.25) is 5.91 Å². The van der Waals surface area contributed by atoms with E-state index in [4.69, 9.17) is 4.52 Å². The number of carbonyl (C=O) groups excluding carboxylic acids is 1. The number of rotatable bonds is 2. The molecule has 5 nitrogen and oxygen atoms in total. The molecule has 82 valence electrons. The third-order valence-corrected chi connectivity index (χ3v) is 2.74. The molecule has 2 N–H and O–H groups in total. The molecule has 0 spiro atoms. The Hall–Kier alpha value is -1.36. The Kier molecular flexibility index (Phi) is 2.48. The van der Waals surface area contributed by atoms with Gasteiger partial charge >= 0.3 is 0 Å². The molecule has 0 radical (unpaired) electrons. The normalized spacial score (nSPS) is 25.5. The first kappa shape index (κ1) is 10.2. The summed E-state index contributed by atoms with van der Waals surface area (Å²) in [5, 5.41) is 9.65. The molecule has 1 unspecified atom stereocenters. The summed E-state index contributed by atoms with van der Waals surface area (Å²) in [6.07, 6.45) is 1.89. The van der Waals surface area contributed by atoms with Crippen LogP contribution in [-0.4, -0.2) is 23.1 Å². The van der Waals surface area contributed by atoms with Crippen molar-refractivity contribution >= 4 is 11.7 Å². The summed E-state index contributed by atoms with van der Waals surface area (Å²) in [5.41, 5.74) is -0.465. The van der Waals surface area contributed by atoms with Gasteiger partial charge < -0.3 is 15.2 Å². The average Bonchev–Trinajstić information content (AvgIpc) is 2.76. The van der Waals surface area contributed by atoms with E-state index in [1.165, 1.54) is 0 Å². The van der Waals surface area contributed by atoms with E-state index in [1.54, 1.807) is 13.0 Å². The van der Waals surface area contributed by atoms with E-state index in [1.807, 2.05) is 6.92 Å². The van der Waals surface area contributed by atoms with Crippen LogP contribution in [0.25, 0.3) is 0 Å². The summed E-state index contributed by atoms with van der Waals surface area (Å²) in [5.74, 6) is 1.12. The first-order valence-corrected chi connectivity index (χ1v) is 5.10. The fourth-order valence-electron chi connectivity index (χ4n) is 1.77. The molecular weight excluding hydrogens is 194 g/mol. The van der Waals surface area contributed by atoms with Crippen molar-refractivity contribution in [2.75, 3.05) is 11.9 Å². The fraction of sp³-hybridized carbons (Fsp3) is 0.600. The Morgan fingerprint density at radius 3 is 3.07 bits per heavy atom. The van der Waals surface area contributed by atoms with E-state index in [0.29, 0.717) is 11.6 Å². The zero-order chi connectivity index (χ0) is 10.9. The number of aromatic nitrogens is 1. The minimum absolute atomic E-state index is 0.0479. The zero-order valence-electron chi connectivity index (χ0n) is 8.96. The topological polar surface area (TPSA) is 67.2 Å². The SMILES string of the molecule is Cc1cc(NC(=O)C2(C)CCCN2)no1. The van der Waals surface area contributed by atoms with Crippen LogP contribution in [0.1, 0.15) is 25.5 Å². The minimum atomic E-state index is -0.465. The number of hydrogen-bond acceptors (Lipinski definition) is 4. The maximum absolute atomic E-state index is 11.9. The molecule has 1 aromatic rings. The molecule has 1 saturated heterocycles. The van der Waals surface area contributed by atoms with Crippen LogP contribution in [0.5, 0.6) is 0 Å². The van der Waals surface area contributed by atoms with Crippen molar-refractivity contribution in [1.29, 1.82) is 0 Å². The number of nitrogens with one attached hydrogen (secondary N) is 2. The number of anilines is 1. The van der Waals surface area contributed by atoms with Gasteiger partial charge in [-0.25, -0.2) is 0 Å². The van der Waals surface area contributed by atoms with Gasteiger partial charge in [0, 0.05) is 6.07 Å². The molecule has 1 fully saturated rings. The van der Waals surface area contributed by atoms with Crippen molar-refractivity contribution in [3.8, 4) is 0 Å². The highest BCUT2D eigenvalue weighted by Crippen LogP contribution is 2.20. The van der Waals surface area contributed by atoms with Gasteiger partial charge in [-0.2, -0.15) is 0 Å². The first-order chi connectivity index (χ1) is 7.10. The quantitative estimate of drug-likeness (QED) is 0.764. The lowest BCUT2D eigenvalue weighted by Crippen LogP contribution is -2.48. The van der Waals surface area contributed by atoms with E-state index in [9.17, 15) is 4.79 Å². The van der Waals surface area contributed by atoms with Gasteiger partial charge in [0.15, 0.2) is 5.82 Å². The highest BCUT2D eigenvalue weighted by Gasteiger charge is 2.36. The van der Waals surface area contributed by atoms with Crippen LogP contribution >= 0.6 is 0 Å². The van der Waals surface area contributed by atoms with E-state index in [-0.39, 0.29) is 5.91 Å². The Bertz CT molecular complexity index is 366. The van der Waals surface area contributed by atoms with Gasteiger partial charge in [0.25, 0.3) is 0 Å². The second-order valence-corrected chi connectivity index (χ2v) is 4.14. The summed E-state index contributed by atoms with van der Waals surface area (Å²) in [6.45, 7) is 4.59. The van der Waals surface area contributed by atoms with Crippen molar-refractivity contribution < 1.29 is 9.32 Å².